The third-order valence-electron chi connectivity index (χ3n) is 5.00. The zero-order chi connectivity index (χ0) is 22.4. The lowest BCUT2D eigenvalue weighted by molar-refractivity contribution is -0.384. The molecule has 1 fully saturated rings. The molecule has 0 aliphatic carbocycles. The molecule has 0 aromatic heterocycles. The van der Waals surface area contributed by atoms with Crippen LogP contribution in [0.3, 0.4) is 0 Å². The lowest BCUT2D eigenvalue weighted by Gasteiger charge is -2.37. The lowest BCUT2D eigenvalue weighted by Crippen LogP contribution is -2.48. The van der Waals surface area contributed by atoms with Gasteiger partial charge in [0.05, 0.1) is 16.3 Å². The largest absolute Gasteiger partial charge is 0.366 e. The van der Waals surface area contributed by atoms with Crippen molar-refractivity contribution in [3.05, 3.63) is 69.2 Å². The molecule has 3 rings (SSSR count). The van der Waals surface area contributed by atoms with Crippen molar-refractivity contribution in [1.82, 2.24) is 4.90 Å². The molecular formula is C22H23ClN4O4. The van der Waals surface area contributed by atoms with E-state index in [-0.39, 0.29) is 17.5 Å². The number of nitro benzene ring substituents is 1. The molecule has 8 nitrogen and oxygen atoms in total. The fourth-order valence-corrected chi connectivity index (χ4v) is 3.56. The number of carbonyl (C=O) groups excluding carboxylic acids is 2. The van der Waals surface area contributed by atoms with Gasteiger partial charge >= 0.3 is 0 Å². The Bertz CT molecular complexity index is 1020. The van der Waals surface area contributed by atoms with Gasteiger partial charge in [0.15, 0.2) is 0 Å². The van der Waals surface area contributed by atoms with Crippen molar-refractivity contribution < 1.29 is 14.5 Å². The summed E-state index contributed by atoms with van der Waals surface area (Å²) in [5.41, 5.74) is 1.90. The van der Waals surface area contributed by atoms with Crippen molar-refractivity contribution in [2.75, 3.05) is 36.4 Å². The average molecular weight is 443 g/mol. The Morgan fingerprint density at radius 1 is 1.16 bits per heavy atom. The van der Waals surface area contributed by atoms with Crippen molar-refractivity contribution in [3.63, 3.8) is 0 Å². The molecule has 0 unspecified atom stereocenters. The highest BCUT2D eigenvalue weighted by Gasteiger charge is 2.22. The van der Waals surface area contributed by atoms with Gasteiger partial charge in [-0.2, -0.15) is 0 Å². The highest BCUT2D eigenvalue weighted by atomic mass is 35.5. The van der Waals surface area contributed by atoms with E-state index >= 15 is 0 Å². The number of hydrogen-bond donors (Lipinski definition) is 1. The number of nitrogens with one attached hydrogen (secondary N) is 1. The number of nitrogens with zero attached hydrogens (tertiary/aromatic N) is 3. The number of non-ortho nitro benzene ring substituents is 1. The molecule has 1 aliphatic heterocycles. The van der Waals surface area contributed by atoms with Gasteiger partial charge in [-0.05, 0) is 29.8 Å². The zero-order valence-electron chi connectivity index (χ0n) is 17.1. The van der Waals surface area contributed by atoms with E-state index in [1.165, 1.54) is 24.3 Å². The quantitative estimate of drug-likeness (QED) is 0.415. The van der Waals surface area contributed by atoms with Crippen LogP contribution in [0.5, 0.6) is 0 Å². The first-order valence-electron chi connectivity index (χ1n) is 9.93. The molecule has 0 bridgehead atoms. The summed E-state index contributed by atoms with van der Waals surface area (Å²) >= 11 is 6.14. The molecule has 1 aliphatic rings. The number of piperazine rings is 1. The Morgan fingerprint density at radius 3 is 2.58 bits per heavy atom. The fourth-order valence-electron chi connectivity index (χ4n) is 3.39. The molecule has 1 heterocycles. The van der Waals surface area contributed by atoms with Gasteiger partial charge in [0.25, 0.3) is 5.69 Å². The first kappa shape index (κ1) is 22.3. The number of hydrogen-bond acceptors (Lipinski definition) is 5. The number of amides is 2. The minimum atomic E-state index is -0.483. The molecular weight excluding hydrogens is 420 g/mol. The van der Waals surface area contributed by atoms with Crippen molar-refractivity contribution in [2.24, 2.45) is 0 Å². The minimum absolute atomic E-state index is 0.0413. The predicted molar refractivity (Wildman–Crippen MR) is 121 cm³/mol. The maximum atomic E-state index is 12.5. The second-order valence-corrected chi connectivity index (χ2v) is 7.49. The normalized spacial score (nSPS) is 14.0. The Hall–Kier alpha value is -3.39. The summed E-state index contributed by atoms with van der Waals surface area (Å²) in [5, 5.41) is 14.2. The van der Waals surface area contributed by atoms with Crippen molar-refractivity contribution in [1.29, 1.82) is 0 Å². The fraction of sp³-hybridized carbons (Fsp3) is 0.273. The summed E-state index contributed by atoms with van der Waals surface area (Å²) in [6.45, 7) is 4.40. The van der Waals surface area contributed by atoms with Crippen LogP contribution in [-0.2, 0) is 9.59 Å². The summed E-state index contributed by atoms with van der Waals surface area (Å²) in [6.07, 6.45) is 3.32. The first-order valence-corrected chi connectivity index (χ1v) is 10.3. The SMILES string of the molecule is CCC(=O)N1CCN(c2ccc(Cl)cc2NC(=O)/C=C/c2cccc([N+](=O)[O-])c2)CC1. The van der Waals surface area contributed by atoms with Gasteiger partial charge in [0.2, 0.25) is 11.8 Å². The monoisotopic (exact) mass is 442 g/mol. The molecule has 162 valence electrons. The van der Waals surface area contributed by atoms with Crippen LogP contribution in [0.4, 0.5) is 17.1 Å². The Labute approximate surface area is 185 Å². The molecule has 9 heteroatoms. The number of benzene rings is 2. The van der Waals surface area contributed by atoms with Crippen LogP contribution < -0.4 is 10.2 Å². The van der Waals surface area contributed by atoms with E-state index < -0.39 is 4.92 Å². The minimum Gasteiger partial charge on any atom is -0.366 e. The molecule has 2 amide bonds. The van der Waals surface area contributed by atoms with E-state index in [1.54, 1.807) is 24.3 Å². The maximum Gasteiger partial charge on any atom is 0.270 e. The van der Waals surface area contributed by atoms with Crippen LogP contribution in [-0.4, -0.2) is 47.8 Å². The van der Waals surface area contributed by atoms with E-state index in [4.69, 9.17) is 11.6 Å². The van der Waals surface area contributed by atoms with Crippen LogP contribution in [0.25, 0.3) is 6.08 Å². The Balaban J connectivity index is 1.71. The van der Waals surface area contributed by atoms with E-state index in [9.17, 15) is 19.7 Å². The van der Waals surface area contributed by atoms with Crippen LogP contribution in [0.15, 0.2) is 48.5 Å². The van der Waals surface area contributed by atoms with Crippen molar-refractivity contribution in [2.45, 2.75) is 13.3 Å². The summed E-state index contributed by atoms with van der Waals surface area (Å²) in [7, 11) is 0. The van der Waals surface area contributed by atoms with Gasteiger partial charge in [0, 0.05) is 55.8 Å². The number of nitro groups is 1. The van der Waals surface area contributed by atoms with Crippen LogP contribution in [0.2, 0.25) is 5.02 Å². The second kappa shape index (κ2) is 10.1. The Kier molecular flexibility index (Phi) is 7.25. The standard InChI is InChI=1S/C22H23ClN4O4/c1-2-22(29)26-12-10-25(11-13-26)20-8-7-17(23)15-19(20)24-21(28)9-6-16-4-3-5-18(14-16)27(30)31/h3-9,14-15H,2,10-13H2,1H3,(H,24,28)/b9-6+. The lowest BCUT2D eigenvalue weighted by atomic mass is 10.2. The van der Waals surface area contributed by atoms with E-state index in [2.05, 4.69) is 10.2 Å². The second-order valence-electron chi connectivity index (χ2n) is 7.06. The predicted octanol–water partition coefficient (Wildman–Crippen LogP) is 3.96. The van der Waals surface area contributed by atoms with Gasteiger partial charge in [-0.1, -0.05) is 30.7 Å². The highest BCUT2D eigenvalue weighted by molar-refractivity contribution is 6.31. The van der Waals surface area contributed by atoms with Crippen LogP contribution in [0, 0.1) is 10.1 Å². The molecule has 0 radical (unpaired) electrons. The molecule has 0 atom stereocenters. The molecule has 0 saturated carbocycles. The first-order chi connectivity index (χ1) is 14.9. The van der Waals surface area contributed by atoms with Crippen LogP contribution >= 0.6 is 11.6 Å². The summed E-state index contributed by atoms with van der Waals surface area (Å²) in [4.78, 5) is 38.7. The molecule has 1 N–H and O–H groups in total. The molecule has 1 saturated heterocycles. The Morgan fingerprint density at radius 2 is 1.90 bits per heavy atom. The van der Waals surface area contributed by atoms with Gasteiger partial charge in [-0.15, -0.1) is 0 Å². The third kappa shape index (κ3) is 5.82. The maximum absolute atomic E-state index is 12.5. The van der Waals surface area contributed by atoms with Crippen LogP contribution in [0.1, 0.15) is 18.9 Å². The van der Waals surface area contributed by atoms with Crippen molar-refractivity contribution >= 4 is 46.6 Å². The molecule has 31 heavy (non-hydrogen) atoms. The van der Waals surface area contributed by atoms with E-state index in [1.807, 2.05) is 17.9 Å². The van der Waals surface area contributed by atoms with Crippen molar-refractivity contribution in [3.8, 4) is 0 Å². The molecule has 2 aromatic carbocycles. The van der Waals surface area contributed by atoms with E-state index in [0.29, 0.717) is 48.9 Å². The van der Waals surface area contributed by atoms with Gasteiger partial charge in [0.1, 0.15) is 0 Å². The third-order valence-corrected chi connectivity index (χ3v) is 5.24. The smallest absolute Gasteiger partial charge is 0.270 e. The average Bonchev–Trinajstić information content (AvgIpc) is 2.77. The van der Waals surface area contributed by atoms with E-state index in [0.717, 1.165) is 5.69 Å². The summed E-state index contributed by atoms with van der Waals surface area (Å²) < 4.78 is 0. The number of halogens is 1. The summed E-state index contributed by atoms with van der Waals surface area (Å²) in [5.74, 6) is -0.245. The van der Waals surface area contributed by atoms with Gasteiger partial charge < -0.3 is 15.1 Å². The number of rotatable bonds is 6. The van der Waals surface area contributed by atoms with Gasteiger partial charge in [-0.3, -0.25) is 19.7 Å². The molecule has 0 spiro atoms. The number of anilines is 2. The zero-order valence-corrected chi connectivity index (χ0v) is 17.8. The topological polar surface area (TPSA) is 95.8 Å². The highest BCUT2D eigenvalue weighted by Crippen LogP contribution is 2.30. The molecule has 2 aromatic rings. The number of carbonyl (C=O) groups is 2. The summed E-state index contributed by atoms with van der Waals surface area (Å²) in [6, 6.07) is 11.3. The van der Waals surface area contributed by atoms with Gasteiger partial charge in [-0.25, -0.2) is 0 Å².